The number of carbonyl (C=O) groups excluding carboxylic acids is 1. The molecule has 0 aromatic heterocycles. The molecular formula is C16H21NO2S. The smallest absolute Gasteiger partial charge is 0.227 e. The van der Waals surface area contributed by atoms with E-state index in [4.69, 9.17) is 4.74 Å². The molecule has 0 aliphatic carbocycles. The number of fused-ring (bicyclic) bond motifs is 1. The van der Waals surface area contributed by atoms with Crippen LogP contribution in [-0.4, -0.2) is 41.5 Å². The quantitative estimate of drug-likeness (QED) is 0.857. The van der Waals surface area contributed by atoms with Crippen molar-refractivity contribution in [3.8, 4) is 5.75 Å². The summed E-state index contributed by atoms with van der Waals surface area (Å²) in [6, 6.07) is 6.22. The molecule has 108 valence electrons. The molecule has 20 heavy (non-hydrogen) atoms. The van der Waals surface area contributed by atoms with Gasteiger partial charge in [0.1, 0.15) is 11.9 Å². The predicted molar refractivity (Wildman–Crippen MR) is 82.5 cm³/mol. The van der Waals surface area contributed by atoms with Crippen molar-refractivity contribution >= 4 is 17.7 Å². The van der Waals surface area contributed by atoms with Crippen LogP contribution in [-0.2, 0) is 17.6 Å². The number of nitrogens with zero attached hydrogens (tertiary/aromatic N) is 1. The van der Waals surface area contributed by atoms with Crippen molar-refractivity contribution in [2.24, 2.45) is 0 Å². The molecule has 0 bridgehead atoms. The lowest BCUT2D eigenvalue weighted by Crippen LogP contribution is -2.38. The zero-order chi connectivity index (χ0) is 13.9. The molecule has 2 aliphatic rings. The number of ether oxygens (including phenoxy) is 1. The van der Waals surface area contributed by atoms with E-state index in [1.807, 2.05) is 28.8 Å². The molecule has 1 atom stereocenters. The number of thioether (sulfide) groups is 1. The lowest BCUT2D eigenvalue weighted by molar-refractivity contribution is -0.130. The Labute approximate surface area is 124 Å². The van der Waals surface area contributed by atoms with Crippen LogP contribution >= 0.6 is 11.8 Å². The molecule has 0 radical (unpaired) electrons. The molecule has 1 aromatic carbocycles. The summed E-state index contributed by atoms with van der Waals surface area (Å²) in [6.45, 7) is 3.94. The zero-order valence-corrected chi connectivity index (χ0v) is 12.7. The molecule has 1 fully saturated rings. The number of rotatable bonds is 3. The molecule has 0 spiro atoms. The normalized spacial score (nSPS) is 21.4. The van der Waals surface area contributed by atoms with Gasteiger partial charge in [-0.3, -0.25) is 4.79 Å². The van der Waals surface area contributed by atoms with Crippen molar-refractivity contribution in [3.05, 3.63) is 29.3 Å². The van der Waals surface area contributed by atoms with E-state index in [2.05, 4.69) is 13.0 Å². The van der Waals surface area contributed by atoms with Gasteiger partial charge in [-0.1, -0.05) is 19.1 Å². The maximum atomic E-state index is 12.3. The number of benzene rings is 1. The number of hydrogen-bond acceptors (Lipinski definition) is 3. The minimum Gasteiger partial charge on any atom is -0.490 e. The van der Waals surface area contributed by atoms with Crippen LogP contribution in [0.4, 0.5) is 0 Å². The van der Waals surface area contributed by atoms with E-state index in [9.17, 15) is 4.79 Å². The molecule has 0 N–H and O–H groups in total. The van der Waals surface area contributed by atoms with Crippen molar-refractivity contribution in [2.45, 2.75) is 32.3 Å². The second-order valence-electron chi connectivity index (χ2n) is 5.46. The molecule has 1 amide bonds. The highest BCUT2D eigenvalue weighted by Gasteiger charge is 2.22. The van der Waals surface area contributed by atoms with Crippen LogP contribution in [0.5, 0.6) is 5.75 Å². The summed E-state index contributed by atoms with van der Waals surface area (Å²) >= 11 is 1.93. The standard InChI is InChI=1S/C16H21NO2S/c1-2-14-11-13-9-12(3-4-15(13)19-14)10-16(18)17-5-7-20-8-6-17/h3-4,9,14H,2,5-8,10-11H2,1H3. The molecule has 1 unspecified atom stereocenters. The van der Waals surface area contributed by atoms with Crippen LogP contribution in [0.1, 0.15) is 24.5 Å². The van der Waals surface area contributed by atoms with Gasteiger partial charge in [0.05, 0.1) is 6.42 Å². The molecule has 3 nitrogen and oxygen atoms in total. The van der Waals surface area contributed by atoms with Gasteiger partial charge in [0.2, 0.25) is 5.91 Å². The number of hydrogen-bond donors (Lipinski definition) is 0. The molecule has 2 aliphatic heterocycles. The number of carbonyl (C=O) groups is 1. The van der Waals surface area contributed by atoms with Crippen LogP contribution in [0.25, 0.3) is 0 Å². The van der Waals surface area contributed by atoms with Crippen LogP contribution < -0.4 is 4.74 Å². The van der Waals surface area contributed by atoms with Crippen LogP contribution in [0, 0.1) is 0 Å². The van der Waals surface area contributed by atoms with Gasteiger partial charge in [-0.25, -0.2) is 0 Å². The SMILES string of the molecule is CCC1Cc2cc(CC(=O)N3CCSCC3)ccc2O1. The topological polar surface area (TPSA) is 29.5 Å². The van der Waals surface area contributed by atoms with Gasteiger partial charge in [-0.2, -0.15) is 11.8 Å². The Morgan fingerprint density at radius 2 is 2.20 bits per heavy atom. The van der Waals surface area contributed by atoms with Crippen LogP contribution in [0.3, 0.4) is 0 Å². The molecule has 2 heterocycles. The van der Waals surface area contributed by atoms with Gasteiger partial charge in [0.25, 0.3) is 0 Å². The monoisotopic (exact) mass is 291 g/mol. The molecular weight excluding hydrogens is 270 g/mol. The highest BCUT2D eigenvalue weighted by molar-refractivity contribution is 7.99. The highest BCUT2D eigenvalue weighted by Crippen LogP contribution is 2.30. The molecule has 1 saturated heterocycles. The lowest BCUT2D eigenvalue weighted by Gasteiger charge is -2.26. The van der Waals surface area contributed by atoms with Crippen molar-refractivity contribution in [2.75, 3.05) is 24.6 Å². The third-order valence-corrected chi connectivity index (χ3v) is 4.98. The summed E-state index contributed by atoms with van der Waals surface area (Å²) < 4.78 is 5.83. The fourth-order valence-electron chi connectivity index (χ4n) is 2.81. The summed E-state index contributed by atoms with van der Waals surface area (Å²) in [6.07, 6.45) is 2.85. The van der Waals surface area contributed by atoms with Gasteiger partial charge < -0.3 is 9.64 Å². The molecule has 1 aromatic rings. The first kappa shape index (κ1) is 13.8. The summed E-state index contributed by atoms with van der Waals surface area (Å²) in [7, 11) is 0. The Morgan fingerprint density at radius 3 is 2.95 bits per heavy atom. The molecule has 3 rings (SSSR count). The summed E-state index contributed by atoms with van der Waals surface area (Å²) in [5, 5.41) is 0. The fourth-order valence-corrected chi connectivity index (χ4v) is 3.71. The van der Waals surface area contributed by atoms with Gasteiger partial charge in [0, 0.05) is 31.0 Å². The molecule has 0 saturated carbocycles. The summed E-state index contributed by atoms with van der Waals surface area (Å²) in [5.74, 6) is 3.41. The van der Waals surface area contributed by atoms with Crippen LogP contribution in [0.2, 0.25) is 0 Å². The number of amides is 1. The third-order valence-electron chi connectivity index (χ3n) is 4.04. The van der Waals surface area contributed by atoms with Crippen molar-refractivity contribution in [1.29, 1.82) is 0 Å². The Bertz CT molecular complexity index is 497. The zero-order valence-electron chi connectivity index (χ0n) is 11.9. The van der Waals surface area contributed by atoms with Crippen LogP contribution in [0.15, 0.2) is 18.2 Å². The maximum Gasteiger partial charge on any atom is 0.227 e. The lowest BCUT2D eigenvalue weighted by atomic mass is 10.0. The molecule has 4 heteroatoms. The average Bonchev–Trinajstić information content (AvgIpc) is 2.90. The predicted octanol–water partition coefficient (Wildman–Crippen LogP) is 2.52. The first-order valence-corrected chi connectivity index (χ1v) is 8.55. The fraction of sp³-hybridized carbons (Fsp3) is 0.562. The second kappa shape index (κ2) is 6.08. The van der Waals surface area contributed by atoms with Crippen molar-refractivity contribution in [3.63, 3.8) is 0 Å². The second-order valence-corrected chi connectivity index (χ2v) is 6.69. The first-order valence-electron chi connectivity index (χ1n) is 7.40. The summed E-state index contributed by atoms with van der Waals surface area (Å²) in [4.78, 5) is 14.3. The largest absolute Gasteiger partial charge is 0.490 e. The van der Waals surface area contributed by atoms with Gasteiger partial charge >= 0.3 is 0 Å². The van der Waals surface area contributed by atoms with Crippen molar-refractivity contribution < 1.29 is 9.53 Å². The minimum absolute atomic E-state index is 0.260. The Kier molecular flexibility index (Phi) is 4.20. The van der Waals surface area contributed by atoms with Gasteiger partial charge in [-0.05, 0) is 23.6 Å². The third kappa shape index (κ3) is 2.95. The van der Waals surface area contributed by atoms with Gasteiger partial charge in [-0.15, -0.1) is 0 Å². The van der Waals surface area contributed by atoms with E-state index < -0.39 is 0 Å². The Hall–Kier alpha value is -1.16. The van der Waals surface area contributed by atoms with E-state index in [0.29, 0.717) is 12.5 Å². The van der Waals surface area contributed by atoms with E-state index >= 15 is 0 Å². The van der Waals surface area contributed by atoms with E-state index in [1.54, 1.807) is 0 Å². The average molecular weight is 291 g/mol. The van der Waals surface area contributed by atoms with Crippen molar-refractivity contribution in [1.82, 2.24) is 4.90 Å². The Balaban J connectivity index is 1.65. The highest BCUT2D eigenvalue weighted by atomic mass is 32.2. The van der Waals surface area contributed by atoms with Gasteiger partial charge in [0.15, 0.2) is 0 Å². The maximum absolute atomic E-state index is 12.3. The summed E-state index contributed by atoms with van der Waals surface area (Å²) in [5.41, 5.74) is 2.38. The van der Waals surface area contributed by atoms with E-state index in [-0.39, 0.29) is 5.91 Å². The van der Waals surface area contributed by atoms with E-state index in [0.717, 1.165) is 48.7 Å². The van der Waals surface area contributed by atoms with E-state index in [1.165, 1.54) is 5.56 Å². The Morgan fingerprint density at radius 1 is 1.40 bits per heavy atom. The first-order chi connectivity index (χ1) is 9.76. The minimum atomic E-state index is 0.260.